The van der Waals surface area contributed by atoms with E-state index in [0.29, 0.717) is 17.0 Å². The van der Waals surface area contributed by atoms with Crippen LogP contribution in [0, 0.1) is 11.6 Å². The molecule has 0 saturated carbocycles. The Morgan fingerprint density at radius 2 is 1.48 bits per heavy atom. The van der Waals surface area contributed by atoms with Crippen molar-refractivity contribution in [3.05, 3.63) is 90.0 Å². The van der Waals surface area contributed by atoms with Gasteiger partial charge in [0.15, 0.2) is 0 Å². The Bertz CT molecular complexity index is 983. The Labute approximate surface area is 178 Å². The summed E-state index contributed by atoms with van der Waals surface area (Å²) in [7, 11) is 0. The van der Waals surface area contributed by atoms with Crippen LogP contribution < -0.4 is 9.64 Å². The molecule has 0 spiro atoms. The minimum atomic E-state index is -0.929. The Hall–Kier alpha value is -3.45. The Balaban J connectivity index is 1.52. The number of amides is 1. The third kappa shape index (κ3) is 4.36. The van der Waals surface area contributed by atoms with Crippen molar-refractivity contribution in [3.8, 4) is 11.5 Å². The Morgan fingerprint density at radius 3 is 2.10 bits per heavy atom. The molecule has 5 nitrogen and oxygen atoms in total. The van der Waals surface area contributed by atoms with Crippen LogP contribution in [0.2, 0.25) is 0 Å². The van der Waals surface area contributed by atoms with Gasteiger partial charge in [0, 0.05) is 12.1 Å². The summed E-state index contributed by atoms with van der Waals surface area (Å²) in [6, 6.07) is 16.8. The quantitative estimate of drug-likeness (QED) is 0.562. The van der Waals surface area contributed by atoms with Crippen molar-refractivity contribution >= 4 is 11.6 Å². The standard InChI is InChI=1S/C24H21F2NO4/c25-16-3-7-18(8-4-16)27-23(22(24(27)30)15-1-9-19(28)10-2-15)21(29)13-14-31-20-11-5-17(26)6-12-20/h1-12,21-23,28-29H,13-14H2/t21-,22-,23+/m0/s1. The number of β-lactam (4-membered cyclic amide) rings is 1. The molecule has 1 aliphatic rings. The first kappa shape index (κ1) is 20.8. The van der Waals surface area contributed by atoms with E-state index in [1.807, 2.05) is 0 Å². The number of nitrogens with zero attached hydrogens (tertiary/aromatic N) is 1. The van der Waals surface area contributed by atoms with Gasteiger partial charge < -0.3 is 19.8 Å². The molecule has 7 heteroatoms. The highest BCUT2D eigenvalue weighted by molar-refractivity contribution is 6.06. The number of rotatable bonds is 7. The summed E-state index contributed by atoms with van der Waals surface area (Å²) in [6.45, 7) is 0.164. The maximum Gasteiger partial charge on any atom is 0.237 e. The number of hydrogen-bond acceptors (Lipinski definition) is 4. The maximum absolute atomic E-state index is 13.3. The first-order valence-corrected chi connectivity index (χ1v) is 9.88. The molecule has 160 valence electrons. The summed E-state index contributed by atoms with van der Waals surface area (Å²) < 4.78 is 31.9. The van der Waals surface area contributed by atoms with Gasteiger partial charge in [-0.1, -0.05) is 12.1 Å². The summed E-state index contributed by atoms with van der Waals surface area (Å²) in [5.74, 6) is -1.06. The van der Waals surface area contributed by atoms with E-state index in [9.17, 15) is 23.8 Å². The van der Waals surface area contributed by atoms with Crippen LogP contribution in [0.5, 0.6) is 11.5 Å². The van der Waals surface area contributed by atoms with Crippen LogP contribution in [0.15, 0.2) is 72.8 Å². The molecule has 4 rings (SSSR count). The van der Waals surface area contributed by atoms with Gasteiger partial charge in [-0.3, -0.25) is 4.79 Å². The number of aliphatic hydroxyl groups excluding tert-OH is 1. The van der Waals surface area contributed by atoms with Gasteiger partial charge in [0.25, 0.3) is 0 Å². The highest BCUT2D eigenvalue weighted by Gasteiger charge is 2.52. The minimum absolute atomic E-state index is 0.0794. The van der Waals surface area contributed by atoms with Crippen LogP contribution in [0.1, 0.15) is 17.9 Å². The SMILES string of the molecule is O=C1[C@@H](c2ccc(O)cc2)[C@@H]([C@@H](O)CCOc2ccc(F)cc2)N1c1ccc(F)cc1. The van der Waals surface area contributed by atoms with Crippen molar-refractivity contribution in [3.63, 3.8) is 0 Å². The molecule has 1 saturated heterocycles. The predicted octanol–water partition coefficient (Wildman–Crippen LogP) is 4.00. The normalized spacial score (nSPS) is 19.1. The fraction of sp³-hybridized carbons (Fsp3) is 0.208. The number of carbonyl (C=O) groups is 1. The minimum Gasteiger partial charge on any atom is -0.508 e. The Morgan fingerprint density at radius 1 is 0.903 bits per heavy atom. The van der Waals surface area contributed by atoms with Gasteiger partial charge in [-0.05, 0) is 66.2 Å². The van der Waals surface area contributed by atoms with E-state index in [0.717, 1.165) is 0 Å². The number of hydrogen-bond donors (Lipinski definition) is 2. The van der Waals surface area contributed by atoms with Gasteiger partial charge in [0.2, 0.25) is 5.91 Å². The van der Waals surface area contributed by atoms with Crippen molar-refractivity contribution < 1.29 is 28.5 Å². The molecule has 0 unspecified atom stereocenters. The van der Waals surface area contributed by atoms with Gasteiger partial charge in [-0.2, -0.15) is 0 Å². The second-order valence-electron chi connectivity index (χ2n) is 7.40. The van der Waals surface area contributed by atoms with Crippen LogP contribution in [0.3, 0.4) is 0 Å². The lowest BCUT2D eigenvalue weighted by Crippen LogP contribution is -2.64. The second-order valence-corrected chi connectivity index (χ2v) is 7.40. The number of halogens is 2. The number of aliphatic hydroxyl groups is 1. The number of ether oxygens (including phenoxy) is 1. The van der Waals surface area contributed by atoms with Crippen LogP contribution >= 0.6 is 0 Å². The maximum atomic E-state index is 13.3. The highest BCUT2D eigenvalue weighted by atomic mass is 19.1. The molecule has 1 fully saturated rings. The number of phenols is 1. The molecule has 31 heavy (non-hydrogen) atoms. The molecule has 1 aliphatic heterocycles. The average molecular weight is 425 g/mol. The van der Waals surface area contributed by atoms with E-state index in [1.165, 1.54) is 65.6 Å². The summed E-state index contributed by atoms with van der Waals surface area (Å²) in [5, 5.41) is 20.5. The summed E-state index contributed by atoms with van der Waals surface area (Å²) in [6.07, 6.45) is -0.705. The van der Waals surface area contributed by atoms with Crippen molar-refractivity contribution in [2.24, 2.45) is 0 Å². The number of benzene rings is 3. The molecule has 3 aromatic carbocycles. The topological polar surface area (TPSA) is 70.0 Å². The van der Waals surface area contributed by atoms with Crippen LogP contribution in [0.4, 0.5) is 14.5 Å². The van der Waals surface area contributed by atoms with Crippen molar-refractivity contribution in [2.45, 2.75) is 24.5 Å². The fourth-order valence-electron chi connectivity index (χ4n) is 3.83. The lowest BCUT2D eigenvalue weighted by molar-refractivity contribution is -0.129. The number of carbonyl (C=O) groups excluding carboxylic acids is 1. The zero-order valence-corrected chi connectivity index (χ0v) is 16.5. The molecule has 2 N–H and O–H groups in total. The second kappa shape index (κ2) is 8.73. The predicted molar refractivity (Wildman–Crippen MR) is 111 cm³/mol. The molecule has 3 aromatic rings. The lowest BCUT2D eigenvalue weighted by Gasteiger charge is -2.49. The molecular formula is C24H21F2NO4. The van der Waals surface area contributed by atoms with Gasteiger partial charge in [-0.25, -0.2) is 8.78 Å². The zero-order valence-electron chi connectivity index (χ0n) is 16.5. The molecule has 0 aromatic heterocycles. The van der Waals surface area contributed by atoms with Crippen molar-refractivity contribution in [1.82, 2.24) is 0 Å². The van der Waals surface area contributed by atoms with E-state index in [1.54, 1.807) is 12.1 Å². The van der Waals surface area contributed by atoms with Gasteiger partial charge in [0.05, 0.1) is 24.7 Å². The monoisotopic (exact) mass is 425 g/mol. The summed E-state index contributed by atoms with van der Waals surface area (Å²) in [4.78, 5) is 14.4. The number of aromatic hydroxyl groups is 1. The highest BCUT2D eigenvalue weighted by Crippen LogP contribution is 2.42. The Kier molecular flexibility index (Phi) is 5.86. The molecular weight excluding hydrogens is 404 g/mol. The molecule has 0 bridgehead atoms. The van der Waals surface area contributed by atoms with Crippen LogP contribution in [0.25, 0.3) is 0 Å². The van der Waals surface area contributed by atoms with Crippen molar-refractivity contribution in [1.29, 1.82) is 0 Å². The molecule has 0 aliphatic carbocycles. The smallest absolute Gasteiger partial charge is 0.237 e. The third-order valence-corrected chi connectivity index (χ3v) is 5.39. The lowest BCUT2D eigenvalue weighted by atomic mass is 9.77. The largest absolute Gasteiger partial charge is 0.508 e. The fourth-order valence-corrected chi connectivity index (χ4v) is 3.83. The van der Waals surface area contributed by atoms with Crippen LogP contribution in [-0.4, -0.2) is 34.9 Å². The van der Waals surface area contributed by atoms with E-state index >= 15 is 0 Å². The van der Waals surface area contributed by atoms with E-state index < -0.39 is 23.9 Å². The third-order valence-electron chi connectivity index (χ3n) is 5.39. The van der Waals surface area contributed by atoms with Gasteiger partial charge in [0.1, 0.15) is 23.1 Å². The molecule has 1 amide bonds. The molecule has 3 atom stereocenters. The average Bonchev–Trinajstić information content (AvgIpc) is 2.76. The van der Waals surface area contributed by atoms with Crippen LogP contribution in [-0.2, 0) is 4.79 Å². The summed E-state index contributed by atoms with van der Waals surface area (Å²) in [5.41, 5.74) is 1.16. The van der Waals surface area contributed by atoms with Crippen molar-refractivity contribution in [2.75, 3.05) is 11.5 Å². The molecule has 0 radical (unpaired) electrons. The van der Waals surface area contributed by atoms with E-state index in [2.05, 4.69) is 0 Å². The number of anilines is 1. The van der Waals surface area contributed by atoms with E-state index in [-0.39, 0.29) is 30.5 Å². The van der Waals surface area contributed by atoms with Gasteiger partial charge >= 0.3 is 0 Å². The first-order chi connectivity index (χ1) is 14.9. The zero-order chi connectivity index (χ0) is 22.0. The van der Waals surface area contributed by atoms with Gasteiger partial charge in [-0.15, -0.1) is 0 Å². The first-order valence-electron chi connectivity index (χ1n) is 9.88. The van der Waals surface area contributed by atoms with E-state index in [4.69, 9.17) is 4.74 Å². The molecule has 1 heterocycles. The summed E-state index contributed by atoms with van der Waals surface area (Å²) >= 11 is 0. The number of phenolic OH excluding ortho intramolecular Hbond substituents is 1.